The molecule has 5 nitrogen and oxygen atoms in total. The summed E-state index contributed by atoms with van der Waals surface area (Å²) in [5.41, 5.74) is 3.44. The number of methoxy groups -OCH3 is 2. The molecule has 1 amide bonds. The van der Waals surface area contributed by atoms with Crippen molar-refractivity contribution in [2.24, 2.45) is 12.0 Å². The van der Waals surface area contributed by atoms with Gasteiger partial charge in [0.15, 0.2) is 16.3 Å². The number of carbonyl (C=O) groups excluding carboxylic acids is 1. The van der Waals surface area contributed by atoms with Gasteiger partial charge in [0, 0.05) is 17.6 Å². The van der Waals surface area contributed by atoms with E-state index in [4.69, 9.17) is 21.1 Å². The molecule has 7 heteroatoms. The highest BCUT2D eigenvalue weighted by Crippen LogP contribution is 2.35. The second-order valence-corrected chi connectivity index (χ2v) is 8.39. The van der Waals surface area contributed by atoms with Crippen molar-refractivity contribution in [1.82, 2.24) is 4.57 Å². The predicted molar refractivity (Wildman–Crippen MR) is 129 cm³/mol. The Bertz CT molecular complexity index is 1330. The number of nitrogens with zero attached hydrogens (tertiary/aromatic N) is 2. The average Bonchev–Trinajstić information content (AvgIpc) is 3.15. The quantitative estimate of drug-likeness (QED) is 0.373. The van der Waals surface area contributed by atoms with Crippen LogP contribution in [0.3, 0.4) is 0 Å². The highest BCUT2D eigenvalue weighted by atomic mass is 35.5. The van der Waals surface area contributed by atoms with Gasteiger partial charge in [0.05, 0.1) is 24.8 Å². The van der Waals surface area contributed by atoms with Gasteiger partial charge in [-0.2, -0.15) is 4.99 Å². The number of aromatic nitrogens is 1. The molecule has 0 radical (unpaired) electrons. The van der Waals surface area contributed by atoms with E-state index in [0.29, 0.717) is 26.9 Å². The lowest BCUT2D eigenvalue weighted by atomic mass is 10.1. The highest BCUT2D eigenvalue weighted by Gasteiger charge is 2.17. The third-order valence-corrected chi connectivity index (χ3v) is 6.44. The number of hydrogen-bond donors (Lipinski definition) is 0. The van der Waals surface area contributed by atoms with Crippen LogP contribution in [0.25, 0.3) is 21.7 Å². The van der Waals surface area contributed by atoms with Crippen molar-refractivity contribution < 1.29 is 14.3 Å². The molecule has 4 aromatic rings. The summed E-state index contributed by atoms with van der Waals surface area (Å²) in [6.45, 7) is 0. The highest BCUT2D eigenvalue weighted by molar-refractivity contribution is 7.13. The summed E-state index contributed by atoms with van der Waals surface area (Å²) in [7, 11) is 5.00. The SMILES string of the molecule is COc1ccc(C(=O)N=c2sc(-c3ccccc3)c(-c3ccc(Cl)cc3)n2C)cc1OC. The lowest BCUT2D eigenvalue weighted by Gasteiger charge is -2.08. The normalized spacial score (nSPS) is 11.4. The fraction of sp³-hybridized carbons (Fsp3) is 0.120. The van der Waals surface area contributed by atoms with E-state index in [1.807, 2.05) is 66.2 Å². The van der Waals surface area contributed by atoms with E-state index >= 15 is 0 Å². The average molecular weight is 465 g/mol. The summed E-state index contributed by atoms with van der Waals surface area (Å²) in [6, 6.07) is 22.7. The maximum absolute atomic E-state index is 13.0. The standard InChI is InChI=1S/C25H21ClN2O3S/c1-28-22(16-9-12-19(26)13-10-16)23(17-7-5-4-6-8-17)32-25(28)27-24(29)18-11-14-20(30-2)21(15-18)31-3/h4-15H,1-3H3. The molecule has 1 aromatic heterocycles. The van der Waals surface area contributed by atoms with Crippen molar-refractivity contribution in [3.8, 4) is 33.2 Å². The van der Waals surface area contributed by atoms with Crippen LogP contribution in [0.5, 0.6) is 11.5 Å². The molecule has 0 saturated heterocycles. The lowest BCUT2D eigenvalue weighted by Crippen LogP contribution is -2.14. The molecule has 0 fully saturated rings. The van der Waals surface area contributed by atoms with Crippen molar-refractivity contribution >= 4 is 28.8 Å². The van der Waals surface area contributed by atoms with Crippen LogP contribution in [0, 0.1) is 0 Å². The van der Waals surface area contributed by atoms with Gasteiger partial charge < -0.3 is 14.0 Å². The van der Waals surface area contributed by atoms with Crippen LogP contribution in [0.4, 0.5) is 0 Å². The minimum Gasteiger partial charge on any atom is -0.493 e. The molecule has 0 bridgehead atoms. The van der Waals surface area contributed by atoms with E-state index in [0.717, 1.165) is 21.7 Å². The van der Waals surface area contributed by atoms with E-state index in [1.54, 1.807) is 25.3 Å². The Balaban J connectivity index is 1.85. The summed E-state index contributed by atoms with van der Waals surface area (Å²) in [5.74, 6) is 0.683. The zero-order valence-corrected chi connectivity index (χ0v) is 19.4. The summed E-state index contributed by atoms with van der Waals surface area (Å²) in [4.78, 5) is 19.0. The Morgan fingerprint density at radius 1 is 0.906 bits per heavy atom. The molecule has 0 aliphatic heterocycles. The maximum atomic E-state index is 13.0. The summed E-state index contributed by atoms with van der Waals surface area (Å²) >= 11 is 7.56. The van der Waals surface area contributed by atoms with Crippen molar-refractivity contribution in [2.45, 2.75) is 0 Å². The molecule has 0 N–H and O–H groups in total. The van der Waals surface area contributed by atoms with E-state index in [-0.39, 0.29) is 5.91 Å². The van der Waals surface area contributed by atoms with Gasteiger partial charge in [0.25, 0.3) is 5.91 Å². The van der Waals surface area contributed by atoms with Crippen molar-refractivity contribution in [2.75, 3.05) is 14.2 Å². The van der Waals surface area contributed by atoms with Crippen LogP contribution < -0.4 is 14.3 Å². The van der Waals surface area contributed by atoms with Gasteiger partial charge in [-0.3, -0.25) is 4.79 Å². The van der Waals surface area contributed by atoms with Gasteiger partial charge in [0.1, 0.15) is 0 Å². The minimum atomic E-state index is -0.356. The van der Waals surface area contributed by atoms with Gasteiger partial charge in [-0.1, -0.05) is 65.4 Å². The fourth-order valence-electron chi connectivity index (χ4n) is 3.39. The zero-order valence-electron chi connectivity index (χ0n) is 17.8. The minimum absolute atomic E-state index is 0.356. The number of carbonyl (C=O) groups is 1. The molecule has 0 aliphatic rings. The Hall–Kier alpha value is -3.35. The number of halogens is 1. The van der Waals surface area contributed by atoms with Crippen molar-refractivity contribution in [1.29, 1.82) is 0 Å². The van der Waals surface area contributed by atoms with Crippen molar-refractivity contribution in [3.63, 3.8) is 0 Å². The van der Waals surface area contributed by atoms with Crippen LogP contribution in [0.1, 0.15) is 10.4 Å². The van der Waals surface area contributed by atoms with Gasteiger partial charge in [-0.25, -0.2) is 0 Å². The Morgan fingerprint density at radius 3 is 2.25 bits per heavy atom. The number of benzene rings is 3. The number of amides is 1. The monoisotopic (exact) mass is 464 g/mol. The molecule has 0 aliphatic carbocycles. The van der Waals surface area contributed by atoms with Crippen LogP contribution in [-0.2, 0) is 7.05 Å². The maximum Gasteiger partial charge on any atom is 0.279 e. The molecule has 0 atom stereocenters. The van der Waals surface area contributed by atoms with Crippen LogP contribution in [-0.4, -0.2) is 24.7 Å². The largest absolute Gasteiger partial charge is 0.493 e. The third kappa shape index (κ3) is 4.33. The molecule has 1 heterocycles. The van der Waals surface area contributed by atoms with Crippen LogP contribution in [0.2, 0.25) is 5.02 Å². The number of hydrogen-bond acceptors (Lipinski definition) is 4. The predicted octanol–water partition coefficient (Wildman–Crippen LogP) is 5.83. The zero-order chi connectivity index (χ0) is 22.7. The Kier molecular flexibility index (Phi) is 6.44. The Morgan fingerprint density at radius 2 is 1.59 bits per heavy atom. The van der Waals surface area contributed by atoms with E-state index in [9.17, 15) is 4.79 Å². The van der Waals surface area contributed by atoms with Gasteiger partial charge in [-0.15, -0.1) is 0 Å². The molecule has 3 aromatic carbocycles. The molecule has 162 valence electrons. The molecule has 32 heavy (non-hydrogen) atoms. The molecular formula is C25H21ClN2O3S. The Labute approximate surface area is 195 Å². The first-order chi connectivity index (χ1) is 15.5. The molecule has 0 saturated carbocycles. The van der Waals surface area contributed by atoms with Gasteiger partial charge in [0.2, 0.25) is 0 Å². The molecule has 0 unspecified atom stereocenters. The molecular weight excluding hydrogens is 444 g/mol. The van der Waals surface area contributed by atoms with E-state index in [1.165, 1.54) is 18.4 Å². The number of rotatable bonds is 5. The topological polar surface area (TPSA) is 52.8 Å². The molecule has 0 spiro atoms. The first-order valence-electron chi connectivity index (χ1n) is 9.84. The van der Waals surface area contributed by atoms with E-state index in [2.05, 4.69) is 4.99 Å². The molecule has 4 rings (SSSR count). The smallest absolute Gasteiger partial charge is 0.279 e. The van der Waals surface area contributed by atoms with Crippen molar-refractivity contribution in [3.05, 3.63) is 88.2 Å². The van der Waals surface area contributed by atoms with Crippen LogP contribution in [0.15, 0.2) is 77.8 Å². The van der Waals surface area contributed by atoms with Gasteiger partial charge in [-0.05, 0) is 41.5 Å². The number of thiazole rings is 1. The first kappa shape index (κ1) is 21.9. The third-order valence-electron chi connectivity index (χ3n) is 5.01. The summed E-state index contributed by atoms with van der Waals surface area (Å²) in [5, 5.41) is 0.668. The second kappa shape index (κ2) is 9.42. The summed E-state index contributed by atoms with van der Waals surface area (Å²) < 4.78 is 12.5. The lowest BCUT2D eigenvalue weighted by molar-refractivity contribution is 0.0997. The fourth-order valence-corrected chi connectivity index (χ4v) is 4.66. The summed E-state index contributed by atoms with van der Waals surface area (Å²) in [6.07, 6.45) is 0. The second-order valence-electron chi connectivity index (χ2n) is 6.98. The number of ether oxygens (including phenoxy) is 2. The van der Waals surface area contributed by atoms with Gasteiger partial charge >= 0.3 is 0 Å². The van der Waals surface area contributed by atoms with Crippen LogP contribution >= 0.6 is 22.9 Å². The first-order valence-corrected chi connectivity index (χ1v) is 11.0. The van der Waals surface area contributed by atoms with E-state index < -0.39 is 0 Å².